The van der Waals surface area contributed by atoms with Crippen LogP contribution in [0, 0.1) is 0 Å². The predicted molar refractivity (Wildman–Crippen MR) is 103 cm³/mol. The lowest BCUT2D eigenvalue weighted by atomic mass is 10.0. The average Bonchev–Trinajstić information content (AvgIpc) is 2.96. The maximum absolute atomic E-state index is 10.9. The molecule has 0 spiro atoms. The lowest BCUT2D eigenvalue weighted by Crippen LogP contribution is -2.21. The summed E-state index contributed by atoms with van der Waals surface area (Å²) in [7, 11) is 0. The van der Waals surface area contributed by atoms with Gasteiger partial charge < -0.3 is 15.1 Å². The zero-order valence-corrected chi connectivity index (χ0v) is 14.2. The Hall–Kier alpha value is -3.11. The van der Waals surface area contributed by atoms with Crippen molar-refractivity contribution in [1.82, 2.24) is 0 Å². The van der Waals surface area contributed by atoms with Crippen LogP contribution in [-0.2, 0) is 11.3 Å². The number of hydrogen-bond donors (Lipinski definition) is 2. The summed E-state index contributed by atoms with van der Waals surface area (Å²) in [6.45, 7) is 1.16. The molecule has 1 atom stereocenters. The van der Waals surface area contributed by atoms with Crippen molar-refractivity contribution in [2.24, 2.45) is 0 Å². The van der Waals surface area contributed by atoms with E-state index in [-0.39, 0.29) is 0 Å². The second kappa shape index (κ2) is 6.65. The van der Waals surface area contributed by atoms with Crippen LogP contribution in [0.25, 0.3) is 16.8 Å². The van der Waals surface area contributed by atoms with Gasteiger partial charge in [0.15, 0.2) is 0 Å². The average molecular weight is 345 g/mol. The Bertz CT molecular complexity index is 1010. The Morgan fingerprint density at radius 3 is 2.69 bits per heavy atom. The van der Waals surface area contributed by atoms with Crippen LogP contribution in [0.2, 0.25) is 0 Å². The van der Waals surface area contributed by atoms with Gasteiger partial charge in [-0.15, -0.1) is 0 Å². The number of carbonyl (C=O) groups is 1. The minimum atomic E-state index is -0.984. The second-order valence-electron chi connectivity index (χ2n) is 6.53. The molecule has 0 aliphatic carbocycles. The van der Waals surface area contributed by atoms with Gasteiger partial charge in [0.1, 0.15) is 0 Å². The zero-order chi connectivity index (χ0) is 18.1. The monoisotopic (exact) mass is 345 g/mol. The number of para-hydroxylation sites is 1. The number of aliphatic hydroxyl groups excluding tert-OH is 1. The topological polar surface area (TPSA) is 60.8 Å². The predicted octanol–water partition coefficient (Wildman–Crippen LogP) is 3.99. The smallest absolute Gasteiger partial charge is 0.328 e. The summed E-state index contributed by atoms with van der Waals surface area (Å²) < 4.78 is 0. The van der Waals surface area contributed by atoms with E-state index >= 15 is 0 Å². The first-order chi connectivity index (χ1) is 12.6. The van der Waals surface area contributed by atoms with E-state index in [1.807, 2.05) is 30.3 Å². The Labute approximate surface area is 151 Å². The third-order valence-corrected chi connectivity index (χ3v) is 4.76. The summed E-state index contributed by atoms with van der Waals surface area (Å²) in [6, 6.07) is 20.2. The molecule has 4 rings (SSSR count). The van der Waals surface area contributed by atoms with Crippen molar-refractivity contribution in [2.75, 3.05) is 11.4 Å². The highest BCUT2D eigenvalue weighted by atomic mass is 16.4. The van der Waals surface area contributed by atoms with Gasteiger partial charge in [-0.3, -0.25) is 0 Å². The van der Waals surface area contributed by atoms with Crippen molar-refractivity contribution in [3.8, 4) is 0 Å². The zero-order valence-electron chi connectivity index (χ0n) is 14.2. The van der Waals surface area contributed by atoms with Crippen molar-refractivity contribution >= 4 is 28.5 Å². The largest absolute Gasteiger partial charge is 0.478 e. The highest BCUT2D eigenvalue weighted by molar-refractivity contribution is 5.88. The maximum atomic E-state index is 10.9. The minimum Gasteiger partial charge on any atom is -0.478 e. The van der Waals surface area contributed by atoms with Crippen LogP contribution < -0.4 is 4.90 Å². The second-order valence-corrected chi connectivity index (χ2v) is 6.53. The molecule has 3 aromatic rings. The Balaban J connectivity index is 1.69. The van der Waals surface area contributed by atoms with Crippen molar-refractivity contribution in [1.29, 1.82) is 0 Å². The fraction of sp³-hybridized carbons (Fsp3) is 0.136. The van der Waals surface area contributed by atoms with Crippen LogP contribution in [0.3, 0.4) is 0 Å². The third-order valence-electron chi connectivity index (χ3n) is 4.76. The van der Waals surface area contributed by atoms with Crippen LogP contribution in [0.15, 0.2) is 66.7 Å². The molecular formula is C22H19NO3. The standard InChI is InChI=1S/C22H19NO3/c24-20-14-23(13-15-8-9-16-4-1-2-5-18(16)12-15)22-17(10-11-21(25)26)6-3-7-19(20)22/h1-12,20,24H,13-14H2,(H,25,26)/b11-10+/t20-/m0/s1. The van der Waals surface area contributed by atoms with E-state index in [0.29, 0.717) is 13.1 Å². The third kappa shape index (κ3) is 3.07. The van der Waals surface area contributed by atoms with Crippen LogP contribution in [0.4, 0.5) is 5.69 Å². The highest BCUT2D eigenvalue weighted by Gasteiger charge is 2.28. The van der Waals surface area contributed by atoms with E-state index in [9.17, 15) is 9.90 Å². The fourth-order valence-corrected chi connectivity index (χ4v) is 3.61. The van der Waals surface area contributed by atoms with Crippen molar-refractivity contribution < 1.29 is 15.0 Å². The summed E-state index contributed by atoms with van der Waals surface area (Å²) in [5.41, 5.74) is 3.71. The summed E-state index contributed by atoms with van der Waals surface area (Å²) in [5, 5.41) is 21.7. The first kappa shape index (κ1) is 16.4. The molecule has 0 unspecified atom stereocenters. The Morgan fingerprint density at radius 2 is 1.88 bits per heavy atom. The molecule has 1 aliphatic rings. The van der Waals surface area contributed by atoms with Gasteiger partial charge in [0.05, 0.1) is 11.8 Å². The fourth-order valence-electron chi connectivity index (χ4n) is 3.61. The van der Waals surface area contributed by atoms with Crippen LogP contribution in [-0.4, -0.2) is 22.7 Å². The Morgan fingerprint density at radius 1 is 1.08 bits per heavy atom. The van der Waals surface area contributed by atoms with E-state index in [2.05, 4.69) is 35.2 Å². The number of β-amino-alcohol motifs (C(OH)–C–C–N with tert-alkyl or cyclic N) is 1. The normalized spacial score (nSPS) is 16.3. The highest BCUT2D eigenvalue weighted by Crippen LogP contribution is 2.39. The number of nitrogens with zero attached hydrogens (tertiary/aromatic N) is 1. The molecule has 0 amide bonds. The number of carboxylic acids is 1. The first-order valence-electron chi connectivity index (χ1n) is 8.56. The molecule has 0 fully saturated rings. The van der Waals surface area contributed by atoms with Gasteiger partial charge in [0, 0.05) is 24.7 Å². The van der Waals surface area contributed by atoms with Crippen LogP contribution >= 0.6 is 0 Å². The molecule has 4 heteroatoms. The summed E-state index contributed by atoms with van der Waals surface area (Å²) in [6.07, 6.45) is 2.16. The number of carboxylic acid groups (broad SMARTS) is 1. The van der Waals surface area contributed by atoms with Gasteiger partial charge in [0.2, 0.25) is 0 Å². The number of rotatable bonds is 4. The van der Waals surface area contributed by atoms with E-state index < -0.39 is 12.1 Å². The minimum absolute atomic E-state index is 0.500. The van der Waals surface area contributed by atoms with Gasteiger partial charge in [0.25, 0.3) is 0 Å². The number of aliphatic hydroxyl groups is 1. The molecule has 2 N–H and O–H groups in total. The molecular weight excluding hydrogens is 326 g/mol. The SMILES string of the molecule is O=C(O)/C=C/c1cccc2c1N(Cc1ccc3ccccc3c1)C[C@@H]2O. The molecule has 1 aliphatic heterocycles. The van der Waals surface area contributed by atoms with Gasteiger partial charge in [-0.1, -0.05) is 54.6 Å². The lowest BCUT2D eigenvalue weighted by Gasteiger charge is -2.21. The molecule has 130 valence electrons. The van der Waals surface area contributed by atoms with Crippen LogP contribution in [0.5, 0.6) is 0 Å². The molecule has 26 heavy (non-hydrogen) atoms. The summed E-state index contributed by atoms with van der Waals surface area (Å²) >= 11 is 0. The number of aliphatic carboxylic acids is 1. The van der Waals surface area contributed by atoms with Crippen molar-refractivity contribution in [2.45, 2.75) is 12.6 Å². The van der Waals surface area contributed by atoms with E-state index in [1.165, 1.54) is 10.8 Å². The summed E-state index contributed by atoms with van der Waals surface area (Å²) in [4.78, 5) is 13.0. The first-order valence-corrected chi connectivity index (χ1v) is 8.56. The van der Waals surface area contributed by atoms with Gasteiger partial charge in [-0.05, 0) is 34.0 Å². The van der Waals surface area contributed by atoms with E-state index in [0.717, 1.165) is 28.5 Å². The molecule has 4 nitrogen and oxygen atoms in total. The van der Waals surface area contributed by atoms with Crippen molar-refractivity contribution in [3.63, 3.8) is 0 Å². The summed E-state index contributed by atoms with van der Waals surface area (Å²) in [5.74, 6) is -0.984. The number of hydrogen-bond acceptors (Lipinski definition) is 3. The van der Waals surface area contributed by atoms with E-state index in [1.54, 1.807) is 6.08 Å². The van der Waals surface area contributed by atoms with Crippen LogP contribution in [0.1, 0.15) is 22.8 Å². The quantitative estimate of drug-likeness (QED) is 0.702. The number of benzene rings is 3. The molecule has 1 heterocycles. The molecule has 0 saturated carbocycles. The van der Waals surface area contributed by atoms with E-state index in [4.69, 9.17) is 5.11 Å². The molecule has 0 radical (unpaired) electrons. The molecule has 0 aromatic heterocycles. The van der Waals surface area contributed by atoms with Crippen molar-refractivity contribution in [3.05, 3.63) is 83.4 Å². The van der Waals surface area contributed by atoms with Gasteiger partial charge in [-0.2, -0.15) is 0 Å². The number of anilines is 1. The molecule has 3 aromatic carbocycles. The molecule has 0 bridgehead atoms. The van der Waals surface area contributed by atoms with Gasteiger partial charge in [-0.25, -0.2) is 4.79 Å². The van der Waals surface area contributed by atoms with Gasteiger partial charge >= 0.3 is 5.97 Å². The maximum Gasteiger partial charge on any atom is 0.328 e. The number of fused-ring (bicyclic) bond motifs is 2. The Kier molecular flexibility index (Phi) is 4.19. The lowest BCUT2D eigenvalue weighted by molar-refractivity contribution is -0.131. The molecule has 0 saturated heterocycles.